The number of allylic oxidation sites excluding steroid dienone is 5. The number of unbranched alkanes of at least 4 members (excludes halogenated alkanes) is 32. The fourth-order valence-electron chi connectivity index (χ4n) is 11.6. The lowest BCUT2D eigenvalue weighted by atomic mass is 9.96. The standard InChI is InChI=1S/C67H123NO18/c1-3-5-7-9-11-13-15-17-18-19-20-21-22-23-24-25-26-27-28-29-30-31-33-34-36-38-40-42-44-51(72)50(68-55(73)45-43-41-39-37-35-32-16-14-12-10-8-6-4-2)49-81-65-61(79)58(76)63(53(47-70)83-65)86-67-62(80)59(77)64(54(48-71)84-67)85-66-60(78)57(75)56(74)52(46-69)82-66/h29-30,34,36,42,44,50-54,56-67,69-72,74-80H,3-28,31-33,35,37-41,43,45-49H2,1-2H3,(H,68,73)/b30-29+,36-34+,44-42+. The molecule has 0 aliphatic carbocycles. The minimum Gasteiger partial charge on any atom is -0.394 e. The number of carbonyl (C=O) groups excluding carboxylic acids is 1. The van der Waals surface area contributed by atoms with E-state index in [1.165, 1.54) is 173 Å². The largest absolute Gasteiger partial charge is 0.394 e. The van der Waals surface area contributed by atoms with Crippen molar-refractivity contribution >= 4 is 5.91 Å². The minimum atomic E-state index is -1.98. The molecule has 3 rings (SSSR count). The molecular weight excluding hydrogens is 1110 g/mol. The summed E-state index contributed by atoms with van der Waals surface area (Å²) < 4.78 is 34.3. The van der Waals surface area contributed by atoms with Crippen molar-refractivity contribution in [2.24, 2.45) is 0 Å². The van der Waals surface area contributed by atoms with Crippen molar-refractivity contribution in [1.82, 2.24) is 5.32 Å². The first-order valence-electron chi connectivity index (χ1n) is 34.2. The summed E-state index contributed by atoms with van der Waals surface area (Å²) in [7, 11) is 0. The molecule has 3 aliphatic heterocycles. The summed E-state index contributed by atoms with van der Waals surface area (Å²) in [6.07, 6.45) is 30.0. The highest BCUT2D eigenvalue weighted by atomic mass is 16.8. The topological polar surface area (TPSA) is 307 Å². The zero-order valence-corrected chi connectivity index (χ0v) is 53.0. The first-order chi connectivity index (χ1) is 41.8. The molecule has 0 aromatic rings. The second-order valence-electron chi connectivity index (χ2n) is 24.6. The number of amides is 1. The molecule has 3 aliphatic rings. The summed E-state index contributed by atoms with van der Waals surface area (Å²) in [5.41, 5.74) is 0. The van der Waals surface area contributed by atoms with E-state index in [0.29, 0.717) is 12.8 Å². The Balaban J connectivity index is 1.44. The van der Waals surface area contributed by atoms with Crippen LogP contribution in [0.1, 0.15) is 251 Å². The molecule has 0 bridgehead atoms. The van der Waals surface area contributed by atoms with E-state index in [1.807, 2.05) is 6.08 Å². The number of hydrogen-bond acceptors (Lipinski definition) is 18. The molecule has 0 radical (unpaired) electrons. The Morgan fingerprint density at radius 1 is 0.407 bits per heavy atom. The van der Waals surface area contributed by atoms with Crippen molar-refractivity contribution in [3.05, 3.63) is 36.5 Å². The molecule has 19 nitrogen and oxygen atoms in total. The predicted octanol–water partition coefficient (Wildman–Crippen LogP) is 8.44. The van der Waals surface area contributed by atoms with Gasteiger partial charge in [0, 0.05) is 6.42 Å². The highest BCUT2D eigenvalue weighted by molar-refractivity contribution is 5.76. The summed E-state index contributed by atoms with van der Waals surface area (Å²) in [5.74, 6) is -0.288. The Labute approximate surface area is 517 Å². The number of nitrogens with one attached hydrogen (secondary N) is 1. The molecule has 17 unspecified atom stereocenters. The first kappa shape index (κ1) is 78.3. The molecule has 19 heteroatoms. The van der Waals surface area contributed by atoms with Gasteiger partial charge < -0.3 is 89.9 Å². The van der Waals surface area contributed by atoms with Gasteiger partial charge in [-0.1, -0.05) is 237 Å². The summed E-state index contributed by atoms with van der Waals surface area (Å²) in [6, 6.07) is -0.993. The van der Waals surface area contributed by atoms with Gasteiger partial charge in [0.2, 0.25) is 5.91 Å². The normalized spacial score (nSPS) is 29.0. The third-order valence-electron chi connectivity index (χ3n) is 17.2. The molecule has 3 saturated heterocycles. The van der Waals surface area contributed by atoms with E-state index >= 15 is 0 Å². The molecule has 12 N–H and O–H groups in total. The minimum absolute atomic E-state index is 0.235. The monoisotopic (exact) mass is 1230 g/mol. The van der Waals surface area contributed by atoms with Crippen LogP contribution in [-0.4, -0.2) is 193 Å². The highest BCUT2D eigenvalue weighted by Crippen LogP contribution is 2.33. The van der Waals surface area contributed by atoms with Gasteiger partial charge >= 0.3 is 0 Å². The van der Waals surface area contributed by atoms with Crippen molar-refractivity contribution in [3.63, 3.8) is 0 Å². The molecule has 17 atom stereocenters. The fourth-order valence-corrected chi connectivity index (χ4v) is 11.6. The van der Waals surface area contributed by atoms with E-state index in [1.54, 1.807) is 6.08 Å². The van der Waals surface area contributed by atoms with Gasteiger partial charge in [-0.3, -0.25) is 4.79 Å². The van der Waals surface area contributed by atoms with Gasteiger partial charge in [0.1, 0.15) is 73.2 Å². The lowest BCUT2D eigenvalue weighted by Crippen LogP contribution is -2.66. The molecule has 86 heavy (non-hydrogen) atoms. The fraction of sp³-hybridized carbons (Fsp3) is 0.896. The van der Waals surface area contributed by atoms with Crippen molar-refractivity contribution in [2.75, 3.05) is 26.4 Å². The molecule has 0 spiro atoms. The van der Waals surface area contributed by atoms with Gasteiger partial charge in [-0.2, -0.15) is 0 Å². The molecule has 3 fully saturated rings. The van der Waals surface area contributed by atoms with E-state index < -0.39 is 124 Å². The molecule has 504 valence electrons. The summed E-state index contributed by atoms with van der Waals surface area (Å²) in [4.78, 5) is 13.3. The van der Waals surface area contributed by atoms with Crippen molar-refractivity contribution in [1.29, 1.82) is 0 Å². The van der Waals surface area contributed by atoms with Crippen LogP contribution in [0.25, 0.3) is 0 Å². The zero-order chi connectivity index (χ0) is 62.6. The second kappa shape index (κ2) is 49.7. The van der Waals surface area contributed by atoms with Gasteiger partial charge in [0.25, 0.3) is 0 Å². The van der Waals surface area contributed by atoms with Crippen LogP contribution in [0.2, 0.25) is 0 Å². The van der Waals surface area contributed by atoms with Crippen LogP contribution in [0.5, 0.6) is 0 Å². The molecule has 0 aromatic heterocycles. The zero-order valence-electron chi connectivity index (χ0n) is 53.0. The maximum absolute atomic E-state index is 13.3. The van der Waals surface area contributed by atoms with Crippen LogP contribution < -0.4 is 5.32 Å². The van der Waals surface area contributed by atoms with E-state index in [2.05, 4.69) is 43.5 Å². The molecule has 1 amide bonds. The SMILES string of the molecule is CCCCCCCCCCCCCCCCCCCC/C=C/CC/C=C/CC/C=C/C(O)C(COC1OC(CO)C(OC2OC(CO)C(OC3OC(CO)C(O)C(O)C3O)C(O)C2O)C(O)C1O)NC(=O)CCCCCCCCCCCCCCC. The number of rotatable bonds is 52. The van der Waals surface area contributed by atoms with Gasteiger partial charge in [-0.15, -0.1) is 0 Å². The number of aliphatic hydroxyl groups is 11. The molecular formula is C67H123NO18. The number of aliphatic hydroxyl groups excluding tert-OH is 11. The molecule has 3 heterocycles. The summed E-state index contributed by atoms with van der Waals surface area (Å²) in [5, 5.41) is 120. The third-order valence-corrected chi connectivity index (χ3v) is 17.2. The van der Waals surface area contributed by atoms with Crippen molar-refractivity contribution in [3.8, 4) is 0 Å². The smallest absolute Gasteiger partial charge is 0.220 e. The van der Waals surface area contributed by atoms with Gasteiger partial charge in [-0.05, 0) is 44.9 Å². The molecule has 0 saturated carbocycles. The number of ether oxygens (including phenoxy) is 6. The Hall–Kier alpha value is -1.99. The summed E-state index contributed by atoms with van der Waals surface area (Å²) >= 11 is 0. The van der Waals surface area contributed by atoms with Crippen LogP contribution in [0, 0.1) is 0 Å². The van der Waals surface area contributed by atoms with E-state index in [0.717, 1.165) is 44.9 Å². The van der Waals surface area contributed by atoms with Crippen LogP contribution in [0.15, 0.2) is 36.5 Å². The average molecular weight is 1230 g/mol. The number of carbonyl (C=O) groups is 1. The van der Waals surface area contributed by atoms with E-state index in [-0.39, 0.29) is 18.9 Å². The van der Waals surface area contributed by atoms with Crippen molar-refractivity contribution < 1.29 is 89.4 Å². The van der Waals surface area contributed by atoms with E-state index in [9.17, 15) is 61.0 Å². The average Bonchev–Trinajstić information content (AvgIpc) is 1.27. The second-order valence-corrected chi connectivity index (χ2v) is 24.6. The maximum atomic E-state index is 13.3. The quantitative estimate of drug-likeness (QED) is 0.0201. The lowest BCUT2D eigenvalue weighted by molar-refractivity contribution is -0.379. The molecule has 0 aromatic carbocycles. The third kappa shape index (κ3) is 31.8. The van der Waals surface area contributed by atoms with Crippen LogP contribution in [0.3, 0.4) is 0 Å². The van der Waals surface area contributed by atoms with Gasteiger partial charge in [-0.25, -0.2) is 0 Å². The Kier molecular flexibility index (Phi) is 45.2. The van der Waals surface area contributed by atoms with E-state index in [4.69, 9.17) is 28.4 Å². The predicted molar refractivity (Wildman–Crippen MR) is 333 cm³/mol. The van der Waals surface area contributed by atoms with Crippen LogP contribution >= 0.6 is 0 Å². The lowest BCUT2D eigenvalue weighted by Gasteiger charge is -2.48. The first-order valence-corrected chi connectivity index (χ1v) is 34.2. The summed E-state index contributed by atoms with van der Waals surface area (Å²) in [6.45, 7) is 1.71. The van der Waals surface area contributed by atoms with Gasteiger partial charge in [0.15, 0.2) is 18.9 Å². The Bertz CT molecular complexity index is 1710. The number of hydrogen-bond donors (Lipinski definition) is 12. The Morgan fingerprint density at radius 2 is 0.744 bits per heavy atom. The Morgan fingerprint density at radius 3 is 1.16 bits per heavy atom. The van der Waals surface area contributed by atoms with Crippen LogP contribution in [-0.2, 0) is 33.2 Å². The van der Waals surface area contributed by atoms with Crippen molar-refractivity contribution in [2.45, 2.75) is 356 Å². The van der Waals surface area contributed by atoms with Crippen LogP contribution in [0.4, 0.5) is 0 Å². The van der Waals surface area contributed by atoms with Gasteiger partial charge in [0.05, 0.1) is 38.6 Å². The highest BCUT2D eigenvalue weighted by Gasteiger charge is 2.53. The maximum Gasteiger partial charge on any atom is 0.220 e.